The fraction of sp³-hybridized carbons (Fsp3) is 0.438. The Morgan fingerprint density at radius 3 is 2.05 bits per heavy atom. The second-order valence-electron chi connectivity index (χ2n) is 5.63. The summed E-state index contributed by atoms with van der Waals surface area (Å²) in [6.07, 6.45) is 0. The number of hydrogen-bond donors (Lipinski definition) is 2. The van der Waals surface area contributed by atoms with E-state index >= 15 is 0 Å². The Kier molecular flexibility index (Phi) is 6.10. The van der Waals surface area contributed by atoms with E-state index in [2.05, 4.69) is 5.32 Å². The number of amides is 2. The lowest BCUT2D eigenvalue weighted by atomic mass is 10.1. The van der Waals surface area contributed by atoms with Gasteiger partial charge in [-0.2, -0.15) is 0 Å². The highest BCUT2D eigenvalue weighted by molar-refractivity contribution is 5.97. The summed E-state index contributed by atoms with van der Waals surface area (Å²) in [5, 5.41) is 11.6. The van der Waals surface area contributed by atoms with Crippen molar-refractivity contribution in [2.75, 3.05) is 13.6 Å². The molecule has 120 valence electrons. The average molecular weight is 306 g/mol. The second kappa shape index (κ2) is 7.59. The number of carboxylic acids is 1. The largest absolute Gasteiger partial charge is 0.481 e. The summed E-state index contributed by atoms with van der Waals surface area (Å²) in [6, 6.07) is 6.34. The topological polar surface area (TPSA) is 86.7 Å². The Morgan fingerprint density at radius 2 is 1.59 bits per heavy atom. The Labute approximate surface area is 130 Å². The van der Waals surface area contributed by atoms with Crippen LogP contribution in [0.4, 0.5) is 0 Å². The zero-order valence-corrected chi connectivity index (χ0v) is 13.3. The standard InChI is InChI=1S/C16H22N2O4/c1-10(2)17-14(19)12-5-7-13(8-6-12)15(20)18(4)9-11(3)16(21)22/h5-8,10-11H,9H2,1-4H3,(H,17,19)(H,21,22). The molecule has 1 aromatic carbocycles. The molecule has 0 aromatic heterocycles. The molecule has 1 aromatic rings. The van der Waals surface area contributed by atoms with Crippen LogP contribution < -0.4 is 5.32 Å². The molecular formula is C16H22N2O4. The van der Waals surface area contributed by atoms with Crippen molar-refractivity contribution in [3.63, 3.8) is 0 Å². The molecule has 1 unspecified atom stereocenters. The maximum absolute atomic E-state index is 12.2. The van der Waals surface area contributed by atoms with Crippen molar-refractivity contribution in [1.29, 1.82) is 0 Å². The maximum atomic E-state index is 12.2. The van der Waals surface area contributed by atoms with Crippen molar-refractivity contribution in [3.05, 3.63) is 35.4 Å². The number of carboxylic acid groups (broad SMARTS) is 1. The van der Waals surface area contributed by atoms with Gasteiger partial charge in [0.1, 0.15) is 0 Å². The minimum atomic E-state index is -0.944. The van der Waals surface area contributed by atoms with Crippen LogP contribution in [-0.2, 0) is 4.79 Å². The third kappa shape index (κ3) is 4.87. The molecule has 1 atom stereocenters. The van der Waals surface area contributed by atoms with E-state index in [4.69, 9.17) is 5.11 Å². The number of carbonyl (C=O) groups excluding carboxylic acids is 2. The van der Waals surface area contributed by atoms with Gasteiger partial charge in [-0.3, -0.25) is 14.4 Å². The van der Waals surface area contributed by atoms with Gasteiger partial charge in [0.25, 0.3) is 11.8 Å². The lowest BCUT2D eigenvalue weighted by Gasteiger charge is -2.19. The van der Waals surface area contributed by atoms with Crippen LogP contribution in [0, 0.1) is 5.92 Å². The van der Waals surface area contributed by atoms with E-state index in [0.717, 1.165) is 0 Å². The molecule has 1 rings (SSSR count). The predicted molar refractivity (Wildman–Crippen MR) is 82.8 cm³/mol. The number of rotatable bonds is 6. The Morgan fingerprint density at radius 1 is 1.09 bits per heavy atom. The summed E-state index contributed by atoms with van der Waals surface area (Å²) in [7, 11) is 1.56. The number of benzene rings is 1. The van der Waals surface area contributed by atoms with Crippen molar-refractivity contribution < 1.29 is 19.5 Å². The summed E-state index contributed by atoms with van der Waals surface area (Å²) in [5.74, 6) is -2.05. The molecule has 2 N–H and O–H groups in total. The molecule has 0 aliphatic carbocycles. The van der Waals surface area contributed by atoms with E-state index in [1.54, 1.807) is 38.2 Å². The van der Waals surface area contributed by atoms with Crippen LogP contribution in [0.2, 0.25) is 0 Å². The van der Waals surface area contributed by atoms with Gasteiger partial charge in [0.15, 0.2) is 0 Å². The van der Waals surface area contributed by atoms with Crippen LogP contribution in [-0.4, -0.2) is 47.4 Å². The first-order valence-corrected chi connectivity index (χ1v) is 7.11. The van der Waals surface area contributed by atoms with E-state index < -0.39 is 11.9 Å². The lowest BCUT2D eigenvalue weighted by Crippen LogP contribution is -2.33. The van der Waals surface area contributed by atoms with Crippen LogP contribution in [0.15, 0.2) is 24.3 Å². The van der Waals surface area contributed by atoms with E-state index in [0.29, 0.717) is 11.1 Å². The molecule has 0 aliphatic rings. The summed E-state index contributed by atoms with van der Waals surface area (Å²) in [6.45, 7) is 5.41. The number of hydrogen-bond acceptors (Lipinski definition) is 3. The van der Waals surface area contributed by atoms with Gasteiger partial charge in [-0.15, -0.1) is 0 Å². The Balaban J connectivity index is 2.75. The third-order valence-corrected chi connectivity index (χ3v) is 3.13. The molecule has 0 aliphatic heterocycles. The minimum absolute atomic E-state index is 0.0393. The van der Waals surface area contributed by atoms with Crippen LogP contribution in [0.5, 0.6) is 0 Å². The van der Waals surface area contributed by atoms with Gasteiger partial charge in [0.2, 0.25) is 0 Å². The van der Waals surface area contributed by atoms with Gasteiger partial charge in [0.05, 0.1) is 5.92 Å². The van der Waals surface area contributed by atoms with E-state index in [1.807, 2.05) is 13.8 Å². The van der Waals surface area contributed by atoms with Crippen molar-refractivity contribution in [2.45, 2.75) is 26.8 Å². The molecule has 22 heavy (non-hydrogen) atoms. The number of carbonyl (C=O) groups is 3. The van der Waals surface area contributed by atoms with Crippen LogP contribution in [0.3, 0.4) is 0 Å². The van der Waals surface area contributed by atoms with Crippen molar-refractivity contribution in [3.8, 4) is 0 Å². The fourth-order valence-electron chi connectivity index (χ4n) is 1.90. The summed E-state index contributed by atoms with van der Waals surface area (Å²) >= 11 is 0. The first-order valence-electron chi connectivity index (χ1n) is 7.11. The molecule has 6 heteroatoms. The molecule has 0 fully saturated rings. The average Bonchev–Trinajstić information content (AvgIpc) is 2.45. The van der Waals surface area contributed by atoms with Crippen LogP contribution in [0.1, 0.15) is 41.5 Å². The monoisotopic (exact) mass is 306 g/mol. The van der Waals surface area contributed by atoms with Gasteiger partial charge in [-0.05, 0) is 38.1 Å². The van der Waals surface area contributed by atoms with Crippen molar-refractivity contribution in [2.24, 2.45) is 5.92 Å². The van der Waals surface area contributed by atoms with Gasteiger partial charge in [-0.1, -0.05) is 6.92 Å². The van der Waals surface area contributed by atoms with Gasteiger partial charge >= 0.3 is 5.97 Å². The van der Waals surface area contributed by atoms with Gasteiger partial charge in [0, 0.05) is 30.8 Å². The predicted octanol–water partition coefficient (Wildman–Crippen LogP) is 1.62. The molecule has 6 nitrogen and oxygen atoms in total. The molecule has 2 amide bonds. The maximum Gasteiger partial charge on any atom is 0.308 e. The lowest BCUT2D eigenvalue weighted by molar-refractivity contribution is -0.141. The zero-order chi connectivity index (χ0) is 16.9. The second-order valence-corrected chi connectivity index (χ2v) is 5.63. The number of aliphatic carboxylic acids is 1. The highest BCUT2D eigenvalue weighted by Gasteiger charge is 2.18. The first-order chi connectivity index (χ1) is 10.2. The molecule has 0 radical (unpaired) electrons. The van der Waals surface area contributed by atoms with Crippen LogP contribution in [0.25, 0.3) is 0 Å². The molecule has 0 heterocycles. The number of nitrogens with zero attached hydrogens (tertiary/aromatic N) is 1. The van der Waals surface area contributed by atoms with Gasteiger partial charge in [-0.25, -0.2) is 0 Å². The molecule has 0 spiro atoms. The minimum Gasteiger partial charge on any atom is -0.481 e. The third-order valence-electron chi connectivity index (χ3n) is 3.13. The van der Waals surface area contributed by atoms with Crippen molar-refractivity contribution >= 4 is 17.8 Å². The Bertz CT molecular complexity index is 552. The summed E-state index contributed by atoms with van der Waals surface area (Å²) in [5.41, 5.74) is 0.896. The fourth-order valence-corrected chi connectivity index (χ4v) is 1.90. The van der Waals surface area contributed by atoms with E-state index in [9.17, 15) is 14.4 Å². The summed E-state index contributed by atoms with van der Waals surface area (Å²) < 4.78 is 0. The highest BCUT2D eigenvalue weighted by Crippen LogP contribution is 2.09. The molecule has 0 saturated carbocycles. The molecule has 0 bridgehead atoms. The highest BCUT2D eigenvalue weighted by atomic mass is 16.4. The first kappa shape index (κ1) is 17.7. The van der Waals surface area contributed by atoms with Crippen molar-refractivity contribution in [1.82, 2.24) is 10.2 Å². The van der Waals surface area contributed by atoms with E-state index in [-0.39, 0.29) is 24.4 Å². The van der Waals surface area contributed by atoms with Crippen LogP contribution >= 0.6 is 0 Å². The summed E-state index contributed by atoms with van der Waals surface area (Å²) in [4.78, 5) is 36.2. The van der Waals surface area contributed by atoms with Gasteiger partial charge < -0.3 is 15.3 Å². The smallest absolute Gasteiger partial charge is 0.308 e. The molecule has 0 saturated heterocycles. The zero-order valence-electron chi connectivity index (χ0n) is 13.3. The SMILES string of the molecule is CC(C)NC(=O)c1ccc(C(=O)N(C)CC(C)C(=O)O)cc1. The normalized spacial score (nSPS) is 11.9. The van der Waals surface area contributed by atoms with E-state index in [1.165, 1.54) is 4.90 Å². The number of nitrogens with one attached hydrogen (secondary N) is 1. The quantitative estimate of drug-likeness (QED) is 0.836. The molecular weight excluding hydrogens is 284 g/mol. The Hall–Kier alpha value is -2.37.